The van der Waals surface area contributed by atoms with Crippen molar-refractivity contribution in [3.63, 3.8) is 0 Å². The Morgan fingerprint density at radius 1 is 1.19 bits per heavy atom. The average molecular weight is 487 g/mol. The van der Waals surface area contributed by atoms with Crippen LogP contribution in [-0.4, -0.2) is 25.3 Å². The van der Waals surface area contributed by atoms with Crippen LogP contribution in [0.2, 0.25) is 5.02 Å². The summed E-state index contributed by atoms with van der Waals surface area (Å²) in [5, 5.41) is 4.66. The van der Waals surface area contributed by atoms with Gasteiger partial charge < -0.3 is 9.47 Å². The van der Waals surface area contributed by atoms with Gasteiger partial charge in [0.2, 0.25) is 5.91 Å². The zero-order valence-electron chi connectivity index (χ0n) is 14.6. The van der Waals surface area contributed by atoms with Crippen molar-refractivity contribution in [2.24, 2.45) is 5.10 Å². The Morgan fingerprint density at radius 3 is 2.54 bits per heavy atom. The van der Waals surface area contributed by atoms with Crippen LogP contribution in [-0.2, 0) is 11.2 Å². The molecule has 1 amide bonds. The van der Waals surface area contributed by atoms with E-state index in [1.807, 2.05) is 38.1 Å². The number of hydrazone groups is 1. The Labute approximate surface area is 171 Å². The molecule has 0 aliphatic carbocycles. The maximum Gasteiger partial charge on any atom is 0.244 e. The largest absolute Gasteiger partial charge is 0.490 e. The van der Waals surface area contributed by atoms with Crippen LogP contribution < -0.4 is 14.9 Å². The van der Waals surface area contributed by atoms with E-state index in [1.165, 1.54) is 0 Å². The van der Waals surface area contributed by atoms with Crippen molar-refractivity contribution in [3.8, 4) is 11.5 Å². The highest BCUT2D eigenvalue weighted by atomic mass is 127. The van der Waals surface area contributed by atoms with Gasteiger partial charge in [-0.05, 0) is 71.8 Å². The molecule has 26 heavy (non-hydrogen) atoms. The van der Waals surface area contributed by atoms with Crippen LogP contribution in [0.15, 0.2) is 41.5 Å². The summed E-state index contributed by atoms with van der Waals surface area (Å²) in [5.41, 5.74) is 4.21. The second-order valence-corrected chi connectivity index (χ2v) is 6.89. The van der Waals surface area contributed by atoms with E-state index in [9.17, 15) is 4.79 Å². The Hall–Kier alpha value is -1.80. The molecule has 2 rings (SSSR count). The fraction of sp³-hybridized carbons (Fsp3) is 0.263. The summed E-state index contributed by atoms with van der Waals surface area (Å²) in [4.78, 5) is 12.0. The monoisotopic (exact) mass is 486 g/mol. The molecule has 2 aromatic carbocycles. The highest BCUT2D eigenvalue weighted by Crippen LogP contribution is 2.33. The lowest BCUT2D eigenvalue weighted by molar-refractivity contribution is -0.120. The third-order valence-electron chi connectivity index (χ3n) is 3.30. The van der Waals surface area contributed by atoms with E-state index in [1.54, 1.807) is 18.3 Å². The Balaban J connectivity index is 2.02. The lowest BCUT2D eigenvalue weighted by Gasteiger charge is -2.13. The predicted molar refractivity (Wildman–Crippen MR) is 112 cm³/mol. The summed E-state index contributed by atoms with van der Waals surface area (Å²) < 4.78 is 12.2. The standard InChI is InChI=1S/C19H20ClIN2O3/c1-3-25-17-10-14(9-16(21)19(17)26-4-2)12-22-23-18(24)11-13-5-7-15(20)8-6-13/h5-10,12H,3-4,11H2,1-2H3,(H,23,24)/b22-12-. The van der Waals surface area contributed by atoms with Crippen molar-refractivity contribution < 1.29 is 14.3 Å². The van der Waals surface area contributed by atoms with E-state index in [2.05, 4.69) is 33.1 Å². The van der Waals surface area contributed by atoms with E-state index < -0.39 is 0 Å². The average Bonchev–Trinajstić information content (AvgIpc) is 2.60. The molecular weight excluding hydrogens is 467 g/mol. The van der Waals surface area contributed by atoms with E-state index >= 15 is 0 Å². The Morgan fingerprint density at radius 2 is 1.88 bits per heavy atom. The highest BCUT2D eigenvalue weighted by molar-refractivity contribution is 14.1. The highest BCUT2D eigenvalue weighted by Gasteiger charge is 2.11. The molecule has 0 unspecified atom stereocenters. The number of hydrogen-bond donors (Lipinski definition) is 1. The second kappa shape index (κ2) is 10.4. The number of hydrogen-bond acceptors (Lipinski definition) is 4. The molecule has 5 nitrogen and oxygen atoms in total. The fourth-order valence-electron chi connectivity index (χ4n) is 2.22. The molecule has 7 heteroatoms. The number of benzene rings is 2. The molecule has 0 bridgehead atoms. The van der Waals surface area contributed by atoms with Gasteiger partial charge in [-0.3, -0.25) is 4.79 Å². The van der Waals surface area contributed by atoms with Crippen molar-refractivity contribution in [3.05, 3.63) is 56.1 Å². The second-order valence-electron chi connectivity index (χ2n) is 5.29. The zero-order chi connectivity index (χ0) is 18.9. The topological polar surface area (TPSA) is 59.9 Å². The number of nitrogens with one attached hydrogen (secondary N) is 1. The van der Waals surface area contributed by atoms with Gasteiger partial charge in [0.25, 0.3) is 0 Å². The van der Waals surface area contributed by atoms with Crippen LogP contribution >= 0.6 is 34.2 Å². The van der Waals surface area contributed by atoms with E-state index in [0.717, 1.165) is 20.4 Å². The number of rotatable bonds is 8. The molecule has 0 atom stereocenters. The number of ether oxygens (including phenoxy) is 2. The van der Waals surface area contributed by atoms with Crippen molar-refractivity contribution in [1.82, 2.24) is 5.43 Å². The molecular formula is C19H20ClIN2O3. The zero-order valence-corrected chi connectivity index (χ0v) is 17.5. The molecule has 0 saturated heterocycles. The number of carbonyl (C=O) groups is 1. The van der Waals surface area contributed by atoms with Gasteiger partial charge in [0.05, 0.1) is 29.4 Å². The maximum absolute atomic E-state index is 12.0. The molecule has 138 valence electrons. The van der Waals surface area contributed by atoms with Crippen LogP contribution in [0.25, 0.3) is 0 Å². The van der Waals surface area contributed by atoms with Gasteiger partial charge in [-0.15, -0.1) is 0 Å². The predicted octanol–water partition coefficient (Wildman–Crippen LogP) is 4.43. The molecule has 0 fully saturated rings. The van der Waals surface area contributed by atoms with Crippen LogP contribution in [0.4, 0.5) is 0 Å². The Kier molecular flexibility index (Phi) is 8.18. The van der Waals surface area contributed by atoms with Crippen molar-refractivity contribution in [1.29, 1.82) is 0 Å². The molecule has 0 aromatic heterocycles. The summed E-state index contributed by atoms with van der Waals surface area (Å²) in [6.45, 7) is 4.94. The molecule has 2 aromatic rings. The van der Waals surface area contributed by atoms with E-state index in [-0.39, 0.29) is 12.3 Å². The van der Waals surface area contributed by atoms with Gasteiger partial charge in [-0.1, -0.05) is 23.7 Å². The molecule has 0 radical (unpaired) electrons. The lowest BCUT2D eigenvalue weighted by Crippen LogP contribution is -2.19. The molecule has 0 saturated carbocycles. The quantitative estimate of drug-likeness (QED) is 0.341. The van der Waals surface area contributed by atoms with Crippen LogP contribution in [0.5, 0.6) is 11.5 Å². The van der Waals surface area contributed by atoms with Crippen LogP contribution in [0, 0.1) is 3.57 Å². The van der Waals surface area contributed by atoms with Crippen molar-refractivity contribution >= 4 is 46.3 Å². The first-order valence-corrected chi connectivity index (χ1v) is 9.64. The van der Waals surface area contributed by atoms with Gasteiger partial charge in [-0.2, -0.15) is 5.10 Å². The Bertz CT molecular complexity index is 779. The molecule has 0 aliphatic rings. The van der Waals surface area contributed by atoms with Gasteiger partial charge >= 0.3 is 0 Å². The van der Waals surface area contributed by atoms with Gasteiger partial charge in [0.1, 0.15) is 0 Å². The van der Waals surface area contributed by atoms with E-state index in [4.69, 9.17) is 21.1 Å². The SMILES string of the molecule is CCOc1cc(/C=N\NC(=O)Cc2ccc(Cl)cc2)cc(I)c1OCC. The van der Waals surface area contributed by atoms with Crippen LogP contribution in [0.3, 0.4) is 0 Å². The smallest absolute Gasteiger partial charge is 0.244 e. The lowest BCUT2D eigenvalue weighted by atomic mass is 10.1. The van der Waals surface area contributed by atoms with Crippen molar-refractivity contribution in [2.75, 3.05) is 13.2 Å². The molecule has 1 N–H and O–H groups in total. The first-order valence-electron chi connectivity index (χ1n) is 8.19. The number of nitrogens with zero attached hydrogens (tertiary/aromatic N) is 1. The molecule has 0 aliphatic heterocycles. The number of halogens is 2. The maximum atomic E-state index is 12.0. The summed E-state index contributed by atoms with van der Waals surface area (Å²) in [5.74, 6) is 1.18. The first-order chi connectivity index (χ1) is 12.5. The number of amides is 1. The van der Waals surface area contributed by atoms with Gasteiger partial charge in [0, 0.05) is 5.02 Å². The summed E-state index contributed by atoms with van der Waals surface area (Å²) in [7, 11) is 0. The summed E-state index contributed by atoms with van der Waals surface area (Å²) >= 11 is 8.03. The fourth-order valence-corrected chi connectivity index (χ4v) is 3.12. The van der Waals surface area contributed by atoms with Crippen molar-refractivity contribution in [2.45, 2.75) is 20.3 Å². The van der Waals surface area contributed by atoms with Gasteiger partial charge in [0.15, 0.2) is 11.5 Å². The summed E-state index contributed by atoms with van der Waals surface area (Å²) in [6.07, 6.45) is 1.82. The third-order valence-corrected chi connectivity index (χ3v) is 4.35. The van der Waals surface area contributed by atoms with E-state index in [0.29, 0.717) is 24.0 Å². The van der Waals surface area contributed by atoms with Gasteiger partial charge in [-0.25, -0.2) is 5.43 Å². The minimum Gasteiger partial charge on any atom is -0.490 e. The third kappa shape index (κ3) is 6.17. The minimum absolute atomic E-state index is 0.200. The van der Waals surface area contributed by atoms with Crippen LogP contribution in [0.1, 0.15) is 25.0 Å². The number of carbonyl (C=O) groups excluding carboxylic acids is 1. The molecule has 0 heterocycles. The minimum atomic E-state index is -0.200. The first kappa shape index (κ1) is 20.5. The molecule has 0 spiro atoms. The summed E-state index contributed by atoms with van der Waals surface area (Å²) in [6, 6.07) is 10.9. The normalized spacial score (nSPS) is 10.8.